The number of rotatable bonds is 8. The van der Waals surface area contributed by atoms with Crippen molar-refractivity contribution in [3.63, 3.8) is 0 Å². The lowest BCUT2D eigenvalue weighted by molar-refractivity contribution is -0.122. The van der Waals surface area contributed by atoms with Crippen molar-refractivity contribution in [3.05, 3.63) is 88.5 Å². The van der Waals surface area contributed by atoms with Gasteiger partial charge in [-0.25, -0.2) is 18.5 Å². The van der Waals surface area contributed by atoms with Crippen LogP contribution in [0.4, 0.5) is 25.0 Å². The molecule has 1 aliphatic heterocycles. The summed E-state index contributed by atoms with van der Waals surface area (Å²) in [4.78, 5) is 50.9. The molecule has 4 rings (SSSR count). The standard InChI is InChI=1S/C27H20ClF2N3O6/c1-2-38-22-13-15(12-19(28)24(22)39-14-23(34)31-21-6-4-3-5-20(21)30)11-18-25(35)32-27(37)33(26(18)36)17-9-7-16(29)8-10-17/h3-13H,2,14H2,1H3,(H,31,34)(H,32,35,37)/b18-11+. The summed E-state index contributed by atoms with van der Waals surface area (Å²) in [5.41, 5.74) is -0.107. The summed E-state index contributed by atoms with van der Waals surface area (Å²) in [5, 5.41) is 4.44. The smallest absolute Gasteiger partial charge is 0.335 e. The SMILES string of the molecule is CCOc1cc(/C=C2\C(=O)NC(=O)N(c3ccc(F)cc3)C2=O)cc(Cl)c1OCC(=O)Nc1ccccc1F. The first-order valence-electron chi connectivity index (χ1n) is 11.5. The van der Waals surface area contributed by atoms with Crippen LogP contribution in [0.25, 0.3) is 6.08 Å². The number of ether oxygens (including phenoxy) is 2. The first-order chi connectivity index (χ1) is 18.7. The van der Waals surface area contributed by atoms with Gasteiger partial charge < -0.3 is 14.8 Å². The molecule has 5 amide bonds. The molecule has 1 saturated heterocycles. The summed E-state index contributed by atoms with van der Waals surface area (Å²) in [7, 11) is 0. The van der Waals surface area contributed by atoms with Gasteiger partial charge in [-0.1, -0.05) is 23.7 Å². The number of anilines is 2. The van der Waals surface area contributed by atoms with Crippen LogP contribution in [-0.2, 0) is 14.4 Å². The third kappa shape index (κ3) is 6.21. The van der Waals surface area contributed by atoms with Crippen molar-refractivity contribution in [2.45, 2.75) is 6.92 Å². The lowest BCUT2D eigenvalue weighted by atomic mass is 10.1. The molecule has 9 nitrogen and oxygen atoms in total. The second kappa shape index (κ2) is 11.7. The number of carbonyl (C=O) groups excluding carboxylic acids is 4. The Morgan fingerprint density at radius 1 is 1.05 bits per heavy atom. The van der Waals surface area contributed by atoms with Gasteiger partial charge in [0, 0.05) is 0 Å². The molecule has 1 aliphatic rings. The van der Waals surface area contributed by atoms with Crippen LogP contribution in [0.5, 0.6) is 11.5 Å². The molecule has 12 heteroatoms. The van der Waals surface area contributed by atoms with Gasteiger partial charge in [0.15, 0.2) is 18.1 Å². The summed E-state index contributed by atoms with van der Waals surface area (Å²) in [5.74, 6) is -3.60. The molecule has 2 N–H and O–H groups in total. The average molecular weight is 556 g/mol. The second-order valence-electron chi connectivity index (χ2n) is 8.01. The van der Waals surface area contributed by atoms with Gasteiger partial charge in [-0.3, -0.25) is 19.7 Å². The van der Waals surface area contributed by atoms with Gasteiger partial charge in [0.1, 0.15) is 17.2 Å². The molecule has 1 heterocycles. The normalized spacial score (nSPS) is 14.3. The minimum absolute atomic E-state index is 0.00638. The molecule has 39 heavy (non-hydrogen) atoms. The molecular formula is C27H20ClF2N3O6. The van der Waals surface area contributed by atoms with Crippen molar-refractivity contribution in [2.75, 3.05) is 23.4 Å². The number of amides is 5. The number of nitrogens with one attached hydrogen (secondary N) is 2. The molecule has 0 saturated carbocycles. The van der Waals surface area contributed by atoms with Crippen LogP contribution < -0.4 is 25.0 Å². The Kier molecular flexibility index (Phi) is 8.21. The van der Waals surface area contributed by atoms with Gasteiger partial charge in [0.2, 0.25) is 0 Å². The second-order valence-corrected chi connectivity index (χ2v) is 8.42. The Morgan fingerprint density at radius 3 is 2.46 bits per heavy atom. The molecular weight excluding hydrogens is 536 g/mol. The Labute approximate surface area is 226 Å². The number of carbonyl (C=O) groups is 4. The number of urea groups is 1. The van der Waals surface area contributed by atoms with Crippen LogP contribution in [0.15, 0.2) is 66.2 Å². The molecule has 0 atom stereocenters. The van der Waals surface area contributed by atoms with Gasteiger partial charge >= 0.3 is 6.03 Å². The molecule has 3 aromatic carbocycles. The van der Waals surface area contributed by atoms with E-state index in [1.165, 1.54) is 48.5 Å². The monoisotopic (exact) mass is 555 g/mol. The molecule has 0 bridgehead atoms. The summed E-state index contributed by atoms with van der Waals surface area (Å²) >= 11 is 6.38. The molecule has 0 aliphatic carbocycles. The van der Waals surface area contributed by atoms with E-state index in [0.29, 0.717) is 4.90 Å². The van der Waals surface area contributed by atoms with E-state index in [1.54, 1.807) is 13.0 Å². The van der Waals surface area contributed by atoms with Crippen molar-refractivity contribution in [2.24, 2.45) is 0 Å². The Morgan fingerprint density at radius 2 is 1.77 bits per heavy atom. The largest absolute Gasteiger partial charge is 0.490 e. The van der Waals surface area contributed by atoms with Crippen molar-refractivity contribution < 1.29 is 37.4 Å². The molecule has 200 valence electrons. The predicted molar refractivity (Wildman–Crippen MR) is 139 cm³/mol. The van der Waals surface area contributed by atoms with Gasteiger partial charge in [-0.15, -0.1) is 0 Å². The maximum atomic E-state index is 13.8. The van der Waals surface area contributed by atoms with E-state index in [1.807, 2.05) is 0 Å². The summed E-state index contributed by atoms with van der Waals surface area (Å²) in [6, 6.07) is 12.0. The number of nitrogens with zero attached hydrogens (tertiary/aromatic N) is 1. The molecule has 0 spiro atoms. The van der Waals surface area contributed by atoms with E-state index < -0.39 is 47.6 Å². The number of halogens is 3. The van der Waals surface area contributed by atoms with Gasteiger partial charge in [0.05, 0.1) is 23.0 Å². The van der Waals surface area contributed by atoms with E-state index in [2.05, 4.69) is 10.6 Å². The maximum absolute atomic E-state index is 13.8. The van der Waals surface area contributed by atoms with Crippen molar-refractivity contribution in [3.8, 4) is 11.5 Å². The fourth-order valence-corrected chi connectivity index (χ4v) is 3.88. The highest BCUT2D eigenvalue weighted by molar-refractivity contribution is 6.39. The van der Waals surface area contributed by atoms with Crippen LogP contribution in [-0.4, -0.2) is 37.0 Å². The first kappa shape index (κ1) is 27.3. The van der Waals surface area contributed by atoms with Gasteiger partial charge in [-0.2, -0.15) is 0 Å². The third-order valence-electron chi connectivity index (χ3n) is 5.32. The quantitative estimate of drug-likeness (QED) is 0.308. The van der Waals surface area contributed by atoms with Crippen molar-refractivity contribution in [1.29, 1.82) is 0 Å². The first-order valence-corrected chi connectivity index (χ1v) is 11.9. The molecule has 3 aromatic rings. The number of para-hydroxylation sites is 1. The van der Waals surface area contributed by atoms with E-state index in [-0.39, 0.29) is 40.1 Å². The third-order valence-corrected chi connectivity index (χ3v) is 5.61. The zero-order chi connectivity index (χ0) is 28.1. The number of hydrogen-bond acceptors (Lipinski definition) is 6. The highest BCUT2D eigenvalue weighted by Crippen LogP contribution is 2.37. The minimum atomic E-state index is -0.987. The van der Waals surface area contributed by atoms with E-state index in [0.717, 1.165) is 12.1 Å². The fraction of sp³-hybridized carbons (Fsp3) is 0.111. The molecule has 0 radical (unpaired) electrons. The molecule has 1 fully saturated rings. The van der Waals surface area contributed by atoms with Gasteiger partial charge in [-0.05, 0) is 67.1 Å². The Bertz CT molecular complexity index is 1490. The van der Waals surface area contributed by atoms with Crippen LogP contribution in [0.3, 0.4) is 0 Å². The van der Waals surface area contributed by atoms with Crippen LogP contribution in [0.2, 0.25) is 5.02 Å². The highest BCUT2D eigenvalue weighted by atomic mass is 35.5. The van der Waals surface area contributed by atoms with Crippen LogP contribution in [0.1, 0.15) is 12.5 Å². The summed E-state index contributed by atoms with van der Waals surface area (Å²) in [6.07, 6.45) is 1.20. The summed E-state index contributed by atoms with van der Waals surface area (Å²) < 4.78 is 38.2. The van der Waals surface area contributed by atoms with Crippen LogP contribution in [0, 0.1) is 11.6 Å². The number of imide groups is 2. The summed E-state index contributed by atoms with van der Waals surface area (Å²) in [6.45, 7) is 1.35. The minimum Gasteiger partial charge on any atom is -0.490 e. The zero-order valence-corrected chi connectivity index (χ0v) is 21.1. The number of benzene rings is 3. The van der Waals surface area contributed by atoms with E-state index >= 15 is 0 Å². The highest BCUT2D eigenvalue weighted by Gasteiger charge is 2.37. The number of barbiturate groups is 1. The lowest BCUT2D eigenvalue weighted by Gasteiger charge is -2.26. The van der Waals surface area contributed by atoms with E-state index in [4.69, 9.17) is 21.1 Å². The average Bonchev–Trinajstić information content (AvgIpc) is 2.88. The zero-order valence-electron chi connectivity index (χ0n) is 20.3. The Hall–Kier alpha value is -4.77. The topological polar surface area (TPSA) is 114 Å². The van der Waals surface area contributed by atoms with Crippen molar-refractivity contribution in [1.82, 2.24) is 5.32 Å². The van der Waals surface area contributed by atoms with Crippen LogP contribution >= 0.6 is 11.6 Å². The van der Waals surface area contributed by atoms with Crippen molar-refractivity contribution >= 4 is 52.8 Å². The van der Waals surface area contributed by atoms with Gasteiger partial charge in [0.25, 0.3) is 17.7 Å². The Balaban J connectivity index is 1.58. The molecule has 0 aromatic heterocycles. The molecule has 0 unspecified atom stereocenters. The maximum Gasteiger partial charge on any atom is 0.335 e. The number of hydrogen-bond donors (Lipinski definition) is 2. The fourth-order valence-electron chi connectivity index (χ4n) is 3.61. The lowest BCUT2D eigenvalue weighted by Crippen LogP contribution is -2.54. The predicted octanol–water partition coefficient (Wildman–Crippen LogP) is 4.70. The van der Waals surface area contributed by atoms with E-state index in [9.17, 15) is 28.0 Å².